The van der Waals surface area contributed by atoms with Gasteiger partial charge in [-0.2, -0.15) is 5.10 Å². The minimum absolute atomic E-state index is 0.0262. The first-order chi connectivity index (χ1) is 10.2. The fraction of sp³-hybridized carbons (Fsp3) is 0.429. The van der Waals surface area contributed by atoms with Crippen LogP contribution in [-0.4, -0.2) is 50.7 Å². The monoisotopic (exact) mass is 286 g/mol. The number of carbonyl (C=O) groups excluding carboxylic acids is 1. The third kappa shape index (κ3) is 2.35. The third-order valence-corrected chi connectivity index (χ3v) is 3.86. The van der Waals surface area contributed by atoms with Crippen LogP contribution in [0.1, 0.15) is 18.9 Å². The average Bonchev–Trinajstić information content (AvgIpc) is 2.98. The molecule has 1 atom stereocenters. The molecule has 0 saturated carbocycles. The Balaban J connectivity index is 1.93. The van der Waals surface area contributed by atoms with Crippen LogP contribution in [0.25, 0.3) is 11.0 Å². The molecule has 7 nitrogen and oxygen atoms in total. The molecule has 0 bridgehead atoms. The zero-order chi connectivity index (χ0) is 14.8. The summed E-state index contributed by atoms with van der Waals surface area (Å²) in [5.41, 5.74) is 0.798. The fourth-order valence-electron chi connectivity index (χ4n) is 2.81. The molecule has 0 aliphatic carbocycles. The zero-order valence-corrected chi connectivity index (χ0v) is 12.0. The Morgan fingerprint density at radius 2 is 2.38 bits per heavy atom. The van der Waals surface area contributed by atoms with Gasteiger partial charge in [0.1, 0.15) is 12.1 Å². The van der Waals surface area contributed by atoms with Gasteiger partial charge in [0, 0.05) is 20.1 Å². The highest BCUT2D eigenvalue weighted by Crippen LogP contribution is 2.26. The van der Waals surface area contributed by atoms with E-state index in [4.69, 9.17) is 0 Å². The molecule has 1 saturated heterocycles. The Morgan fingerprint density at radius 1 is 1.52 bits per heavy atom. The Kier molecular flexibility index (Phi) is 3.55. The highest BCUT2D eigenvalue weighted by molar-refractivity contribution is 5.87. The number of nitrogens with zero attached hydrogens (tertiary/aromatic N) is 5. The van der Waals surface area contributed by atoms with Crippen LogP contribution >= 0.6 is 0 Å². The van der Waals surface area contributed by atoms with E-state index in [1.807, 2.05) is 16.6 Å². The van der Waals surface area contributed by atoms with Crippen molar-refractivity contribution in [3.8, 4) is 0 Å². The first-order valence-electron chi connectivity index (χ1n) is 7.02. The molecule has 1 aliphatic rings. The van der Waals surface area contributed by atoms with Gasteiger partial charge in [-0.3, -0.25) is 4.79 Å². The summed E-state index contributed by atoms with van der Waals surface area (Å²) < 4.78 is 1.90. The van der Waals surface area contributed by atoms with Crippen molar-refractivity contribution in [2.24, 2.45) is 0 Å². The molecule has 7 heteroatoms. The number of likely N-dealkylation sites (tertiary alicyclic amines) is 1. The van der Waals surface area contributed by atoms with E-state index in [1.54, 1.807) is 6.20 Å². The topological polar surface area (TPSA) is 75.9 Å². The molecule has 0 aromatic carbocycles. The quantitative estimate of drug-likeness (QED) is 0.859. The summed E-state index contributed by atoms with van der Waals surface area (Å²) >= 11 is 0. The summed E-state index contributed by atoms with van der Waals surface area (Å²) in [6.07, 6.45) is 6.61. The van der Waals surface area contributed by atoms with E-state index in [2.05, 4.69) is 27.0 Å². The summed E-state index contributed by atoms with van der Waals surface area (Å²) in [5, 5.41) is 8.39. The number of piperidine rings is 1. The van der Waals surface area contributed by atoms with Crippen LogP contribution in [0.15, 0.2) is 25.2 Å². The second-order valence-corrected chi connectivity index (χ2v) is 5.08. The van der Waals surface area contributed by atoms with Crippen molar-refractivity contribution in [3.63, 3.8) is 0 Å². The van der Waals surface area contributed by atoms with Crippen molar-refractivity contribution in [2.75, 3.05) is 25.5 Å². The number of fused-ring (bicyclic) bond motifs is 1. The second kappa shape index (κ2) is 5.51. The SMILES string of the molecule is C=CC(=O)N1CCC[C@@H](n2ncc3c(NC)ncnc32)C1. The molecular formula is C14H18N6O. The van der Waals surface area contributed by atoms with Crippen LogP contribution in [0.3, 0.4) is 0 Å². The third-order valence-electron chi connectivity index (χ3n) is 3.86. The van der Waals surface area contributed by atoms with Gasteiger partial charge in [0.25, 0.3) is 0 Å². The van der Waals surface area contributed by atoms with Crippen LogP contribution in [0.4, 0.5) is 5.82 Å². The molecule has 21 heavy (non-hydrogen) atoms. The minimum atomic E-state index is -0.0262. The van der Waals surface area contributed by atoms with E-state index in [1.165, 1.54) is 12.4 Å². The fourth-order valence-corrected chi connectivity index (χ4v) is 2.81. The Morgan fingerprint density at radius 3 is 3.14 bits per heavy atom. The van der Waals surface area contributed by atoms with E-state index < -0.39 is 0 Å². The molecule has 110 valence electrons. The maximum Gasteiger partial charge on any atom is 0.246 e. The van der Waals surface area contributed by atoms with E-state index in [-0.39, 0.29) is 11.9 Å². The van der Waals surface area contributed by atoms with Gasteiger partial charge < -0.3 is 10.2 Å². The Hall–Kier alpha value is -2.44. The number of aromatic nitrogens is 4. The van der Waals surface area contributed by atoms with Gasteiger partial charge in [0.05, 0.1) is 17.6 Å². The van der Waals surface area contributed by atoms with Crippen molar-refractivity contribution >= 4 is 22.8 Å². The van der Waals surface area contributed by atoms with Crippen LogP contribution in [0, 0.1) is 0 Å². The summed E-state index contributed by atoms with van der Waals surface area (Å²) in [6.45, 7) is 4.97. The smallest absolute Gasteiger partial charge is 0.246 e. The normalized spacial score (nSPS) is 18.7. The first kappa shape index (κ1) is 13.5. The summed E-state index contributed by atoms with van der Waals surface area (Å²) in [7, 11) is 1.82. The van der Waals surface area contributed by atoms with Crippen LogP contribution < -0.4 is 5.32 Å². The lowest BCUT2D eigenvalue weighted by atomic mass is 10.1. The number of carbonyl (C=O) groups is 1. The number of rotatable bonds is 3. The molecule has 2 aromatic heterocycles. The molecule has 1 N–H and O–H groups in total. The molecule has 1 aliphatic heterocycles. The van der Waals surface area contributed by atoms with E-state index >= 15 is 0 Å². The molecule has 3 rings (SSSR count). The van der Waals surface area contributed by atoms with Gasteiger partial charge in [0.15, 0.2) is 5.65 Å². The highest BCUT2D eigenvalue weighted by Gasteiger charge is 2.25. The molecule has 2 aromatic rings. The average molecular weight is 286 g/mol. The lowest BCUT2D eigenvalue weighted by Gasteiger charge is -2.32. The van der Waals surface area contributed by atoms with E-state index in [9.17, 15) is 4.79 Å². The first-order valence-corrected chi connectivity index (χ1v) is 7.02. The number of hydrogen-bond donors (Lipinski definition) is 1. The molecule has 0 unspecified atom stereocenters. The molecular weight excluding hydrogens is 268 g/mol. The highest BCUT2D eigenvalue weighted by atomic mass is 16.2. The number of nitrogens with one attached hydrogen (secondary N) is 1. The van der Waals surface area contributed by atoms with Gasteiger partial charge in [-0.25, -0.2) is 14.6 Å². The standard InChI is InChI=1S/C14H18N6O/c1-3-12(21)19-6-4-5-10(8-19)20-14-11(7-18-20)13(15-2)16-9-17-14/h3,7,9-10H,1,4-6,8H2,2H3,(H,15,16,17)/t10-/m1/s1. The molecule has 3 heterocycles. The summed E-state index contributed by atoms with van der Waals surface area (Å²) in [5.74, 6) is 0.739. The van der Waals surface area contributed by atoms with Crippen LogP contribution in [0.2, 0.25) is 0 Å². The van der Waals surface area contributed by atoms with Gasteiger partial charge in [-0.05, 0) is 18.9 Å². The van der Waals surface area contributed by atoms with Crippen LogP contribution in [0.5, 0.6) is 0 Å². The maximum atomic E-state index is 11.8. The number of anilines is 1. The number of amides is 1. The Bertz CT molecular complexity index is 679. The van der Waals surface area contributed by atoms with Crippen molar-refractivity contribution in [1.29, 1.82) is 0 Å². The van der Waals surface area contributed by atoms with E-state index in [0.29, 0.717) is 6.54 Å². The van der Waals surface area contributed by atoms with Crippen molar-refractivity contribution in [3.05, 3.63) is 25.2 Å². The summed E-state index contributed by atoms with van der Waals surface area (Å²) in [6, 6.07) is 0.139. The molecule has 1 fully saturated rings. The number of hydrogen-bond acceptors (Lipinski definition) is 5. The van der Waals surface area contributed by atoms with Gasteiger partial charge in [-0.15, -0.1) is 0 Å². The van der Waals surface area contributed by atoms with Gasteiger partial charge in [-0.1, -0.05) is 6.58 Å². The van der Waals surface area contributed by atoms with Crippen molar-refractivity contribution in [2.45, 2.75) is 18.9 Å². The Labute approximate surface area is 122 Å². The van der Waals surface area contributed by atoms with Crippen molar-refractivity contribution in [1.82, 2.24) is 24.6 Å². The predicted molar refractivity (Wildman–Crippen MR) is 79.9 cm³/mol. The lowest BCUT2D eigenvalue weighted by molar-refractivity contribution is -0.127. The molecule has 1 amide bonds. The lowest BCUT2D eigenvalue weighted by Crippen LogP contribution is -2.40. The summed E-state index contributed by atoms with van der Waals surface area (Å²) in [4.78, 5) is 22.1. The largest absolute Gasteiger partial charge is 0.372 e. The predicted octanol–water partition coefficient (Wildman–Crippen LogP) is 1.22. The molecule has 0 spiro atoms. The zero-order valence-electron chi connectivity index (χ0n) is 12.0. The van der Waals surface area contributed by atoms with Gasteiger partial charge >= 0.3 is 0 Å². The van der Waals surface area contributed by atoms with Crippen LogP contribution in [-0.2, 0) is 4.79 Å². The minimum Gasteiger partial charge on any atom is -0.372 e. The van der Waals surface area contributed by atoms with Crippen molar-refractivity contribution < 1.29 is 4.79 Å². The van der Waals surface area contributed by atoms with E-state index in [0.717, 1.165) is 36.2 Å². The second-order valence-electron chi connectivity index (χ2n) is 5.08. The molecule has 0 radical (unpaired) electrons. The maximum absolute atomic E-state index is 11.8. The van der Waals surface area contributed by atoms with Gasteiger partial charge in [0.2, 0.25) is 5.91 Å².